The predicted octanol–water partition coefficient (Wildman–Crippen LogP) is 5.10. The summed E-state index contributed by atoms with van der Waals surface area (Å²) in [6.07, 6.45) is 0. The fourth-order valence-corrected chi connectivity index (χ4v) is 2.00. The van der Waals surface area contributed by atoms with Crippen LogP contribution in [0.1, 0.15) is 0 Å². The van der Waals surface area contributed by atoms with Crippen LogP contribution in [-0.4, -0.2) is 5.11 Å². The Kier molecular flexibility index (Phi) is 3.13. The van der Waals surface area contributed by atoms with E-state index in [4.69, 9.17) is 0 Å². The second-order valence-corrected chi connectivity index (χ2v) is 4.33. The van der Waals surface area contributed by atoms with Crippen molar-refractivity contribution in [3.8, 4) is 5.75 Å². The number of aromatic hydroxyl groups is 1. The summed E-state index contributed by atoms with van der Waals surface area (Å²) in [7, 11) is 0. The number of benzene rings is 3. The normalized spacial score (nSPS) is 11.2. The van der Waals surface area contributed by atoms with Crippen molar-refractivity contribution < 1.29 is 9.50 Å². The van der Waals surface area contributed by atoms with Gasteiger partial charge in [0.2, 0.25) is 0 Å². The van der Waals surface area contributed by atoms with Gasteiger partial charge in [-0.05, 0) is 24.3 Å². The van der Waals surface area contributed by atoms with E-state index in [1.807, 2.05) is 24.3 Å². The molecule has 0 aromatic heterocycles. The molecule has 0 unspecified atom stereocenters. The highest BCUT2D eigenvalue weighted by Gasteiger charge is 2.03. The van der Waals surface area contributed by atoms with Crippen molar-refractivity contribution in [2.45, 2.75) is 0 Å². The third kappa shape index (κ3) is 2.36. The standard InChI is InChI=1S/C16H11FN2O/c17-11-4-3-5-12(10-11)18-19-15-8-9-16(20)14-7-2-1-6-13(14)15/h1-10,20H. The summed E-state index contributed by atoms with van der Waals surface area (Å²) in [5, 5.41) is 19.5. The lowest BCUT2D eigenvalue weighted by molar-refractivity contribution is 0.481. The van der Waals surface area contributed by atoms with Gasteiger partial charge in [-0.1, -0.05) is 30.3 Å². The average Bonchev–Trinajstić information content (AvgIpc) is 2.47. The Morgan fingerprint density at radius 3 is 2.40 bits per heavy atom. The maximum absolute atomic E-state index is 13.1. The Bertz CT molecular complexity index is 799. The van der Waals surface area contributed by atoms with Crippen LogP contribution in [0.15, 0.2) is 70.9 Å². The molecule has 0 amide bonds. The zero-order valence-electron chi connectivity index (χ0n) is 10.5. The van der Waals surface area contributed by atoms with Crippen LogP contribution in [-0.2, 0) is 0 Å². The minimum absolute atomic E-state index is 0.199. The van der Waals surface area contributed by atoms with E-state index in [2.05, 4.69) is 10.2 Å². The number of rotatable bonds is 2. The van der Waals surface area contributed by atoms with Gasteiger partial charge in [0.15, 0.2) is 0 Å². The SMILES string of the molecule is Oc1ccc(N=Nc2cccc(F)c2)c2ccccc12. The lowest BCUT2D eigenvalue weighted by Crippen LogP contribution is -1.75. The maximum atomic E-state index is 13.1. The van der Waals surface area contributed by atoms with E-state index in [0.717, 1.165) is 5.39 Å². The van der Waals surface area contributed by atoms with Gasteiger partial charge in [-0.25, -0.2) is 4.39 Å². The van der Waals surface area contributed by atoms with Crippen molar-refractivity contribution in [3.63, 3.8) is 0 Å². The van der Waals surface area contributed by atoms with E-state index in [0.29, 0.717) is 16.8 Å². The molecule has 20 heavy (non-hydrogen) atoms. The fraction of sp³-hybridized carbons (Fsp3) is 0. The van der Waals surface area contributed by atoms with Crippen LogP contribution in [0.3, 0.4) is 0 Å². The third-order valence-electron chi connectivity index (χ3n) is 2.96. The first-order valence-corrected chi connectivity index (χ1v) is 6.12. The van der Waals surface area contributed by atoms with Crippen molar-refractivity contribution in [2.75, 3.05) is 0 Å². The minimum atomic E-state index is -0.350. The van der Waals surface area contributed by atoms with Crippen LogP contribution < -0.4 is 0 Å². The number of halogens is 1. The molecular weight excluding hydrogens is 255 g/mol. The molecule has 0 aliphatic rings. The molecule has 1 N–H and O–H groups in total. The Labute approximate surface area is 115 Å². The Morgan fingerprint density at radius 2 is 1.60 bits per heavy atom. The largest absolute Gasteiger partial charge is 0.507 e. The summed E-state index contributed by atoms with van der Waals surface area (Å²) >= 11 is 0. The second-order valence-electron chi connectivity index (χ2n) is 4.33. The first-order chi connectivity index (χ1) is 9.74. The molecule has 0 saturated carbocycles. The number of phenolic OH excluding ortho intramolecular Hbond substituents is 1. The van der Waals surface area contributed by atoms with Crippen LogP contribution >= 0.6 is 0 Å². The van der Waals surface area contributed by atoms with E-state index in [1.165, 1.54) is 12.1 Å². The molecular formula is C16H11FN2O. The molecule has 0 atom stereocenters. The lowest BCUT2D eigenvalue weighted by atomic mass is 10.1. The molecule has 3 aromatic rings. The van der Waals surface area contributed by atoms with Crippen molar-refractivity contribution in [1.29, 1.82) is 0 Å². The van der Waals surface area contributed by atoms with Crippen LogP contribution in [0.2, 0.25) is 0 Å². The zero-order chi connectivity index (χ0) is 13.9. The molecule has 0 bridgehead atoms. The topological polar surface area (TPSA) is 45.0 Å². The molecule has 0 spiro atoms. The van der Waals surface area contributed by atoms with Crippen LogP contribution in [0.4, 0.5) is 15.8 Å². The highest BCUT2D eigenvalue weighted by molar-refractivity contribution is 5.96. The Morgan fingerprint density at radius 1 is 0.800 bits per heavy atom. The molecule has 0 heterocycles. The maximum Gasteiger partial charge on any atom is 0.125 e. The first kappa shape index (κ1) is 12.3. The quantitative estimate of drug-likeness (QED) is 0.644. The minimum Gasteiger partial charge on any atom is -0.507 e. The molecule has 0 aliphatic carbocycles. The number of phenols is 1. The van der Waals surface area contributed by atoms with Crippen LogP contribution in [0, 0.1) is 5.82 Å². The summed E-state index contributed by atoms with van der Waals surface area (Å²) in [4.78, 5) is 0. The molecule has 0 aliphatic heterocycles. The van der Waals surface area contributed by atoms with E-state index in [9.17, 15) is 9.50 Å². The molecule has 3 nitrogen and oxygen atoms in total. The molecule has 0 fully saturated rings. The van der Waals surface area contributed by atoms with Crippen LogP contribution in [0.5, 0.6) is 5.75 Å². The third-order valence-corrected chi connectivity index (χ3v) is 2.96. The molecule has 3 aromatic carbocycles. The Hall–Kier alpha value is -2.75. The monoisotopic (exact) mass is 266 g/mol. The zero-order valence-corrected chi connectivity index (χ0v) is 10.5. The van der Waals surface area contributed by atoms with Gasteiger partial charge in [-0.3, -0.25) is 0 Å². The number of hydrogen-bond donors (Lipinski definition) is 1. The van der Waals surface area contributed by atoms with Crippen molar-refractivity contribution in [1.82, 2.24) is 0 Å². The fourth-order valence-electron chi connectivity index (χ4n) is 2.00. The van der Waals surface area contributed by atoms with E-state index in [-0.39, 0.29) is 11.6 Å². The predicted molar refractivity (Wildman–Crippen MR) is 76.2 cm³/mol. The number of hydrogen-bond acceptors (Lipinski definition) is 3. The summed E-state index contributed by atoms with van der Waals surface area (Å²) < 4.78 is 13.1. The highest BCUT2D eigenvalue weighted by atomic mass is 19.1. The van der Waals surface area contributed by atoms with Gasteiger partial charge in [0.05, 0.1) is 11.4 Å². The molecule has 3 rings (SSSR count). The van der Waals surface area contributed by atoms with Crippen molar-refractivity contribution in [2.24, 2.45) is 10.2 Å². The number of fused-ring (bicyclic) bond motifs is 1. The van der Waals surface area contributed by atoms with Gasteiger partial charge < -0.3 is 5.11 Å². The van der Waals surface area contributed by atoms with Gasteiger partial charge in [-0.2, -0.15) is 5.11 Å². The summed E-state index contributed by atoms with van der Waals surface area (Å²) in [5.74, 6) is -0.151. The summed E-state index contributed by atoms with van der Waals surface area (Å²) in [6, 6.07) is 16.6. The van der Waals surface area contributed by atoms with Gasteiger partial charge in [-0.15, -0.1) is 5.11 Å². The van der Waals surface area contributed by atoms with Crippen molar-refractivity contribution >= 4 is 22.1 Å². The number of nitrogens with zero attached hydrogens (tertiary/aromatic N) is 2. The highest BCUT2D eigenvalue weighted by Crippen LogP contribution is 2.33. The van der Waals surface area contributed by atoms with E-state index < -0.39 is 0 Å². The average molecular weight is 266 g/mol. The van der Waals surface area contributed by atoms with E-state index in [1.54, 1.807) is 24.3 Å². The lowest BCUT2D eigenvalue weighted by Gasteiger charge is -2.03. The Balaban J connectivity index is 2.05. The van der Waals surface area contributed by atoms with Gasteiger partial charge in [0.1, 0.15) is 11.6 Å². The van der Waals surface area contributed by atoms with Crippen molar-refractivity contribution in [3.05, 3.63) is 66.5 Å². The summed E-state index contributed by atoms with van der Waals surface area (Å²) in [6.45, 7) is 0. The van der Waals surface area contributed by atoms with Gasteiger partial charge >= 0.3 is 0 Å². The molecule has 4 heteroatoms. The molecule has 98 valence electrons. The molecule has 0 radical (unpaired) electrons. The molecule has 0 saturated heterocycles. The smallest absolute Gasteiger partial charge is 0.125 e. The van der Waals surface area contributed by atoms with Crippen LogP contribution in [0.25, 0.3) is 10.8 Å². The van der Waals surface area contributed by atoms with E-state index >= 15 is 0 Å². The van der Waals surface area contributed by atoms with Gasteiger partial charge in [0.25, 0.3) is 0 Å². The number of azo groups is 1. The second kappa shape index (κ2) is 5.09. The van der Waals surface area contributed by atoms with Gasteiger partial charge in [0, 0.05) is 16.8 Å². The first-order valence-electron chi connectivity index (χ1n) is 6.12. The summed E-state index contributed by atoms with van der Waals surface area (Å²) in [5.41, 5.74) is 1.07.